The molecule has 0 spiro atoms. The molecule has 0 radical (unpaired) electrons. The number of nitrogens with two attached hydrogens (primary N) is 2. The van der Waals surface area contributed by atoms with E-state index in [4.69, 9.17) is 20.9 Å². The Morgan fingerprint density at radius 2 is 2.09 bits per heavy atom. The number of carbonyl (C=O) groups is 1. The molecule has 6 heteroatoms. The molecule has 5 N–H and O–H groups in total. The van der Waals surface area contributed by atoms with E-state index in [1.54, 1.807) is 19.9 Å². The fourth-order valence-electron chi connectivity index (χ4n) is 2.19. The van der Waals surface area contributed by atoms with Crippen LogP contribution in [-0.4, -0.2) is 17.2 Å². The number of aliphatic carboxylic acids is 1. The molecule has 1 aromatic rings. The van der Waals surface area contributed by atoms with Gasteiger partial charge in [-0.2, -0.15) is 0 Å². The van der Waals surface area contributed by atoms with Crippen LogP contribution < -0.4 is 16.2 Å². The van der Waals surface area contributed by atoms with Crippen LogP contribution in [-0.2, 0) is 9.53 Å². The summed E-state index contributed by atoms with van der Waals surface area (Å²) in [5, 5.41) is 9.39. The molecule has 1 fully saturated rings. The zero-order chi connectivity index (χ0) is 17.0. The molecular weight excluding hydrogens is 296 g/mol. The maximum absolute atomic E-state index is 11.5. The number of hydrogen-bond acceptors (Lipinski definition) is 5. The van der Waals surface area contributed by atoms with Crippen molar-refractivity contribution in [3.8, 4) is 5.75 Å². The number of ether oxygens (including phenoxy) is 2. The van der Waals surface area contributed by atoms with Gasteiger partial charge in [-0.15, -0.1) is 0 Å². The van der Waals surface area contributed by atoms with Gasteiger partial charge in [0.25, 0.3) is 0 Å². The van der Waals surface area contributed by atoms with Crippen molar-refractivity contribution in [2.75, 3.05) is 0 Å². The van der Waals surface area contributed by atoms with Crippen LogP contribution in [0.15, 0.2) is 47.7 Å². The van der Waals surface area contributed by atoms with Gasteiger partial charge in [0.15, 0.2) is 11.3 Å². The van der Waals surface area contributed by atoms with Gasteiger partial charge in [-0.25, -0.2) is 4.79 Å². The molecule has 0 atom stereocenters. The van der Waals surface area contributed by atoms with E-state index in [9.17, 15) is 9.90 Å². The minimum atomic E-state index is -1.27. The molecule has 0 heterocycles. The summed E-state index contributed by atoms with van der Waals surface area (Å²) in [6.07, 6.45) is 3.14. The van der Waals surface area contributed by atoms with Gasteiger partial charge in [-0.1, -0.05) is 12.1 Å². The van der Waals surface area contributed by atoms with Crippen LogP contribution in [0.2, 0.25) is 0 Å². The summed E-state index contributed by atoms with van der Waals surface area (Å²) in [5.74, 6) is -0.473. The molecule has 2 rings (SSSR count). The summed E-state index contributed by atoms with van der Waals surface area (Å²) < 4.78 is 10.9. The third-order valence-electron chi connectivity index (χ3n) is 3.36. The number of carboxylic acid groups (broad SMARTS) is 1. The molecule has 0 amide bonds. The van der Waals surface area contributed by atoms with Crippen LogP contribution in [0.1, 0.15) is 38.2 Å². The zero-order valence-corrected chi connectivity index (χ0v) is 13.3. The van der Waals surface area contributed by atoms with Crippen molar-refractivity contribution in [3.05, 3.63) is 53.2 Å². The number of hydrogen-bond donors (Lipinski definition) is 3. The van der Waals surface area contributed by atoms with Crippen LogP contribution >= 0.6 is 0 Å². The third-order valence-corrected chi connectivity index (χ3v) is 3.36. The molecule has 23 heavy (non-hydrogen) atoms. The van der Waals surface area contributed by atoms with Crippen molar-refractivity contribution in [2.45, 2.75) is 38.7 Å². The van der Waals surface area contributed by atoms with Gasteiger partial charge in [0.1, 0.15) is 5.75 Å². The maximum atomic E-state index is 11.5. The van der Waals surface area contributed by atoms with Gasteiger partial charge >= 0.3 is 5.97 Å². The normalized spacial score (nSPS) is 16.0. The topological polar surface area (TPSA) is 108 Å². The molecule has 0 bridgehead atoms. The zero-order valence-electron chi connectivity index (χ0n) is 13.3. The molecule has 1 aliphatic carbocycles. The van der Waals surface area contributed by atoms with E-state index in [0.29, 0.717) is 11.7 Å². The first-order valence-electron chi connectivity index (χ1n) is 7.52. The quantitative estimate of drug-likeness (QED) is 0.405. The van der Waals surface area contributed by atoms with Gasteiger partial charge in [0, 0.05) is 6.20 Å². The lowest BCUT2D eigenvalue weighted by Crippen LogP contribution is -2.20. The summed E-state index contributed by atoms with van der Waals surface area (Å²) in [5.41, 5.74) is 12.2. The standard InChI is InChI=1S/C17H22N2O4/c1-10(2)22-16(19)15(17(20)21)14(9-18)23-13-5-3-4-12(8-13)11-6-7-11/h3-5,8-11H,6-7,18-19H2,1-2H3,(H,20,21)/b14-9+,16-15-. The van der Waals surface area contributed by atoms with Crippen LogP contribution in [0.5, 0.6) is 5.75 Å². The molecule has 1 aromatic carbocycles. The Morgan fingerprint density at radius 3 is 2.61 bits per heavy atom. The second-order valence-corrected chi connectivity index (χ2v) is 5.69. The first-order chi connectivity index (χ1) is 10.9. The van der Waals surface area contributed by atoms with Crippen molar-refractivity contribution in [1.82, 2.24) is 0 Å². The van der Waals surface area contributed by atoms with Crippen LogP contribution in [0.3, 0.4) is 0 Å². The Labute approximate surface area is 135 Å². The van der Waals surface area contributed by atoms with Crippen molar-refractivity contribution < 1.29 is 19.4 Å². The highest BCUT2D eigenvalue weighted by atomic mass is 16.5. The SMILES string of the molecule is CC(C)O/C(N)=C(C(=O)O)/C(=C\N)Oc1cccc(C2CC2)c1. The molecular formula is C17H22N2O4. The van der Waals surface area contributed by atoms with Crippen molar-refractivity contribution in [3.63, 3.8) is 0 Å². The lowest BCUT2D eigenvalue weighted by atomic mass is 10.1. The smallest absolute Gasteiger partial charge is 0.345 e. The minimum Gasteiger partial charge on any atom is -0.477 e. The lowest BCUT2D eigenvalue weighted by molar-refractivity contribution is -0.132. The van der Waals surface area contributed by atoms with E-state index in [-0.39, 0.29) is 23.3 Å². The fourth-order valence-corrected chi connectivity index (χ4v) is 2.19. The highest BCUT2D eigenvalue weighted by Crippen LogP contribution is 2.41. The Hall–Kier alpha value is -2.63. The van der Waals surface area contributed by atoms with E-state index >= 15 is 0 Å². The number of benzene rings is 1. The van der Waals surface area contributed by atoms with Crippen LogP contribution in [0, 0.1) is 0 Å². The predicted octanol–water partition coefficient (Wildman–Crippen LogP) is 2.42. The Bertz CT molecular complexity index is 646. The first-order valence-corrected chi connectivity index (χ1v) is 7.52. The highest BCUT2D eigenvalue weighted by molar-refractivity contribution is 5.91. The largest absolute Gasteiger partial charge is 0.477 e. The van der Waals surface area contributed by atoms with Crippen molar-refractivity contribution in [1.29, 1.82) is 0 Å². The molecule has 0 unspecified atom stereocenters. The monoisotopic (exact) mass is 318 g/mol. The average molecular weight is 318 g/mol. The van der Waals surface area contributed by atoms with Gasteiger partial charge in [-0.3, -0.25) is 0 Å². The van der Waals surface area contributed by atoms with Gasteiger partial charge in [0.05, 0.1) is 6.10 Å². The second-order valence-electron chi connectivity index (χ2n) is 5.69. The van der Waals surface area contributed by atoms with Crippen molar-refractivity contribution >= 4 is 5.97 Å². The van der Waals surface area contributed by atoms with E-state index in [2.05, 4.69) is 0 Å². The summed E-state index contributed by atoms with van der Waals surface area (Å²) in [6.45, 7) is 3.50. The maximum Gasteiger partial charge on any atom is 0.345 e. The van der Waals surface area contributed by atoms with E-state index in [1.165, 1.54) is 18.4 Å². The lowest BCUT2D eigenvalue weighted by Gasteiger charge is -2.15. The highest BCUT2D eigenvalue weighted by Gasteiger charge is 2.25. The summed E-state index contributed by atoms with van der Waals surface area (Å²) in [7, 11) is 0. The summed E-state index contributed by atoms with van der Waals surface area (Å²) >= 11 is 0. The molecule has 1 saturated carbocycles. The fraction of sp³-hybridized carbons (Fsp3) is 0.353. The van der Waals surface area contributed by atoms with Gasteiger partial charge in [0.2, 0.25) is 5.88 Å². The molecule has 1 aliphatic rings. The van der Waals surface area contributed by atoms with Crippen LogP contribution in [0.25, 0.3) is 0 Å². The van der Waals surface area contributed by atoms with E-state index < -0.39 is 5.97 Å². The number of rotatable bonds is 7. The summed E-state index contributed by atoms with van der Waals surface area (Å²) in [6, 6.07) is 7.53. The average Bonchev–Trinajstić information content (AvgIpc) is 3.30. The third kappa shape index (κ3) is 4.42. The second kappa shape index (κ2) is 7.09. The van der Waals surface area contributed by atoms with Crippen molar-refractivity contribution in [2.24, 2.45) is 11.5 Å². The Morgan fingerprint density at radius 1 is 1.39 bits per heavy atom. The number of carboxylic acids is 1. The predicted molar refractivity (Wildman–Crippen MR) is 86.4 cm³/mol. The van der Waals surface area contributed by atoms with Gasteiger partial charge in [-0.05, 0) is 50.3 Å². The Balaban J connectivity index is 2.26. The van der Waals surface area contributed by atoms with E-state index in [1.807, 2.05) is 18.2 Å². The molecule has 6 nitrogen and oxygen atoms in total. The molecule has 0 aliphatic heterocycles. The Kier molecular flexibility index (Phi) is 5.16. The minimum absolute atomic E-state index is 0.0522. The van der Waals surface area contributed by atoms with E-state index in [0.717, 1.165) is 6.20 Å². The van der Waals surface area contributed by atoms with Crippen LogP contribution in [0.4, 0.5) is 0 Å². The first kappa shape index (κ1) is 16.7. The summed E-state index contributed by atoms with van der Waals surface area (Å²) in [4.78, 5) is 11.5. The molecule has 0 saturated heterocycles. The van der Waals surface area contributed by atoms with Gasteiger partial charge < -0.3 is 26.0 Å². The molecule has 124 valence electrons. The molecule has 0 aromatic heterocycles.